The van der Waals surface area contributed by atoms with Gasteiger partial charge in [0.05, 0.1) is 12.7 Å². The van der Waals surface area contributed by atoms with E-state index >= 15 is 0 Å². The number of hydrogen-bond donors (Lipinski definition) is 1. The predicted octanol–water partition coefficient (Wildman–Crippen LogP) is 1.80. The van der Waals surface area contributed by atoms with Crippen LogP contribution in [0, 0.1) is 0 Å². The van der Waals surface area contributed by atoms with E-state index < -0.39 is 6.10 Å². The zero-order chi connectivity index (χ0) is 10.8. The first-order valence-electron chi connectivity index (χ1n) is 5.12. The van der Waals surface area contributed by atoms with Crippen LogP contribution in [0.3, 0.4) is 0 Å². The van der Waals surface area contributed by atoms with Crippen LogP contribution < -0.4 is 4.74 Å². The van der Waals surface area contributed by atoms with E-state index in [1.165, 1.54) is 0 Å². The number of carbonyl (C=O) groups is 1. The van der Waals surface area contributed by atoms with Crippen LogP contribution in [0.5, 0.6) is 5.75 Å². The van der Waals surface area contributed by atoms with E-state index in [1.54, 1.807) is 6.92 Å². The first-order chi connectivity index (χ1) is 7.22. The Morgan fingerprint density at radius 3 is 3.07 bits per heavy atom. The summed E-state index contributed by atoms with van der Waals surface area (Å²) in [6.07, 6.45) is 1.16. The van der Waals surface area contributed by atoms with E-state index in [9.17, 15) is 9.90 Å². The van der Waals surface area contributed by atoms with Crippen molar-refractivity contribution in [3.63, 3.8) is 0 Å². The second kappa shape index (κ2) is 4.03. The SMILES string of the molecule is CC(O)c1ccc2c(c1)C(C=O)CCO2. The molecule has 0 radical (unpaired) electrons. The summed E-state index contributed by atoms with van der Waals surface area (Å²) in [6.45, 7) is 2.30. The van der Waals surface area contributed by atoms with Gasteiger partial charge in [0.1, 0.15) is 12.0 Å². The van der Waals surface area contributed by atoms with Gasteiger partial charge in [0, 0.05) is 11.5 Å². The largest absolute Gasteiger partial charge is 0.493 e. The number of ether oxygens (including phenoxy) is 1. The Morgan fingerprint density at radius 2 is 2.40 bits per heavy atom. The molecular formula is C12H14O3. The lowest BCUT2D eigenvalue weighted by molar-refractivity contribution is -0.109. The first-order valence-corrected chi connectivity index (χ1v) is 5.12. The van der Waals surface area contributed by atoms with Gasteiger partial charge in [-0.25, -0.2) is 0 Å². The highest BCUT2D eigenvalue weighted by Gasteiger charge is 2.21. The van der Waals surface area contributed by atoms with Crippen LogP contribution in [0.2, 0.25) is 0 Å². The minimum absolute atomic E-state index is 0.0903. The molecule has 1 aliphatic heterocycles. The van der Waals surface area contributed by atoms with E-state index in [2.05, 4.69) is 0 Å². The predicted molar refractivity (Wildman–Crippen MR) is 56.0 cm³/mol. The Morgan fingerprint density at radius 1 is 1.60 bits per heavy atom. The molecule has 0 saturated heterocycles. The molecule has 2 atom stereocenters. The molecule has 1 heterocycles. The van der Waals surface area contributed by atoms with Gasteiger partial charge in [0.15, 0.2) is 0 Å². The Balaban J connectivity index is 2.43. The molecule has 1 N–H and O–H groups in total. The van der Waals surface area contributed by atoms with Gasteiger partial charge in [-0.3, -0.25) is 0 Å². The summed E-state index contributed by atoms with van der Waals surface area (Å²) in [7, 11) is 0. The summed E-state index contributed by atoms with van der Waals surface area (Å²) in [5.74, 6) is 0.676. The lowest BCUT2D eigenvalue weighted by Gasteiger charge is -2.23. The van der Waals surface area contributed by atoms with Gasteiger partial charge in [-0.2, -0.15) is 0 Å². The fraction of sp³-hybridized carbons (Fsp3) is 0.417. The summed E-state index contributed by atoms with van der Waals surface area (Å²) in [5, 5.41) is 9.46. The number of rotatable bonds is 2. The number of fused-ring (bicyclic) bond motifs is 1. The monoisotopic (exact) mass is 206 g/mol. The molecule has 0 spiro atoms. The maximum absolute atomic E-state index is 10.9. The number of carbonyl (C=O) groups excluding carboxylic acids is 1. The van der Waals surface area contributed by atoms with Crippen LogP contribution in [0.15, 0.2) is 18.2 Å². The Hall–Kier alpha value is -1.35. The lowest BCUT2D eigenvalue weighted by Crippen LogP contribution is -2.15. The van der Waals surface area contributed by atoms with Crippen molar-refractivity contribution in [2.45, 2.75) is 25.4 Å². The molecule has 1 aromatic rings. The van der Waals surface area contributed by atoms with Gasteiger partial charge >= 0.3 is 0 Å². The first kappa shape index (κ1) is 10.2. The van der Waals surface area contributed by atoms with Gasteiger partial charge in [-0.1, -0.05) is 6.07 Å². The molecule has 3 nitrogen and oxygen atoms in total. The molecule has 3 heteroatoms. The van der Waals surface area contributed by atoms with Crippen LogP contribution in [-0.4, -0.2) is 18.0 Å². The van der Waals surface area contributed by atoms with Crippen molar-refractivity contribution >= 4 is 6.29 Å². The molecule has 1 aliphatic rings. The molecule has 15 heavy (non-hydrogen) atoms. The van der Waals surface area contributed by atoms with Crippen LogP contribution >= 0.6 is 0 Å². The quantitative estimate of drug-likeness (QED) is 0.750. The molecule has 2 rings (SSSR count). The second-order valence-corrected chi connectivity index (χ2v) is 3.85. The number of aliphatic hydroxyl groups is 1. The number of aldehydes is 1. The van der Waals surface area contributed by atoms with Crippen molar-refractivity contribution in [3.05, 3.63) is 29.3 Å². The fourth-order valence-corrected chi connectivity index (χ4v) is 1.84. The van der Waals surface area contributed by atoms with Gasteiger partial charge < -0.3 is 14.6 Å². The number of benzene rings is 1. The molecule has 0 saturated carbocycles. The van der Waals surface area contributed by atoms with E-state index in [4.69, 9.17) is 4.74 Å². The van der Waals surface area contributed by atoms with Gasteiger partial charge in [-0.05, 0) is 31.0 Å². The maximum Gasteiger partial charge on any atom is 0.127 e. The summed E-state index contributed by atoms with van der Waals surface area (Å²) in [5.41, 5.74) is 1.72. The van der Waals surface area contributed by atoms with Gasteiger partial charge in [0.25, 0.3) is 0 Å². The van der Waals surface area contributed by atoms with E-state index in [1.807, 2.05) is 18.2 Å². The van der Waals surface area contributed by atoms with Crippen molar-refractivity contribution in [2.75, 3.05) is 6.61 Å². The molecule has 1 aromatic carbocycles. The minimum Gasteiger partial charge on any atom is -0.493 e. The van der Waals surface area contributed by atoms with E-state index in [0.29, 0.717) is 6.61 Å². The van der Waals surface area contributed by atoms with Crippen molar-refractivity contribution in [1.82, 2.24) is 0 Å². The Labute approximate surface area is 88.7 Å². The van der Waals surface area contributed by atoms with Crippen molar-refractivity contribution in [1.29, 1.82) is 0 Å². The van der Waals surface area contributed by atoms with Crippen LogP contribution in [0.25, 0.3) is 0 Å². The third-order valence-corrected chi connectivity index (χ3v) is 2.77. The van der Waals surface area contributed by atoms with Gasteiger partial charge in [0.2, 0.25) is 0 Å². The zero-order valence-electron chi connectivity index (χ0n) is 8.64. The third-order valence-electron chi connectivity index (χ3n) is 2.77. The molecule has 0 fully saturated rings. The maximum atomic E-state index is 10.9. The fourth-order valence-electron chi connectivity index (χ4n) is 1.84. The van der Waals surface area contributed by atoms with Crippen molar-refractivity contribution < 1.29 is 14.6 Å². The molecule has 0 aromatic heterocycles. The topological polar surface area (TPSA) is 46.5 Å². The molecular weight excluding hydrogens is 192 g/mol. The number of hydrogen-bond acceptors (Lipinski definition) is 3. The molecule has 2 unspecified atom stereocenters. The molecule has 0 amide bonds. The highest BCUT2D eigenvalue weighted by molar-refractivity contribution is 5.65. The van der Waals surface area contributed by atoms with Crippen LogP contribution in [0.4, 0.5) is 0 Å². The van der Waals surface area contributed by atoms with E-state index in [0.717, 1.165) is 29.6 Å². The summed E-state index contributed by atoms with van der Waals surface area (Å²) >= 11 is 0. The highest BCUT2D eigenvalue weighted by atomic mass is 16.5. The number of aliphatic hydroxyl groups excluding tert-OH is 1. The Kier molecular flexibility index (Phi) is 2.73. The molecule has 80 valence electrons. The standard InChI is InChI=1S/C12H14O3/c1-8(14)9-2-3-12-11(6-9)10(7-13)4-5-15-12/h2-3,6-8,10,14H,4-5H2,1H3. The lowest BCUT2D eigenvalue weighted by atomic mass is 9.92. The minimum atomic E-state index is -0.510. The summed E-state index contributed by atoms with van der Waals surface area (Å²) < 4.78 is 5.45. The summed E-state index contributed by atoms with van der Waals surface area (Å²) in [6, 6.07) is 5.52. The van der Waals surface area contributed by atoms with Crippen LogP contribution in [0.1, 0.15) is 36.5 Å². The van der Waals surface area contributed by atoms with Crippen molar-refractivity contribution in [3.8, 4) is 5.75 Å². The molecule has 0 aliphatic carbocycles. The smallest absolute Gasteiger partial charge is 0.127 e. The van der Waals surface area contributed by atoms with Crippen LogP contribution in [-0.2, 0) is 4.79 Å². The molecule has 0 bridgehead atoms. The average molecular weight is 206 g/mol. The second-order valence-electron chi connectivity index (χ2n) is 3.85. The van der Waals surface area contributed by atoms with E-state index in [-0.39, 0.29) is 5.92 Å². The van der Waals surface area contributed by atoms with Crippen molar-refractivity contribution in [2.24, 2.45) is 0 Å². The Bertz CT molecular complexity index is 371. The normalized spacial score (nSPS) is 21.3. The van der Waals surface area contributed by atoms with Gasteiger partial charge in [-0.15, -0.1) is 0 Å². The average Bonchev–Trinajstić information content (AvgIpc) is 2.27. The zero-order valence-corrected chi connectivity index (χ0v) is 8.64. The summed E-state index contributed by atoms with van der Waals surface area (Å²) in [4.78, 5) is 10.9. The highest BCUT2D eigenvalue weighted by Crippen LogP contribution is 2.34. The third kappa shape index (κ3) is 1.88.